The number of rotatable bonds is 3. The largest absolute Gasteiger partial charge is 0.492 e. The normalized spacial score (nSPS) is 17.9. The maximum absolute atomic E-state index is 12.6. The highest BCUT2D eigenvalue weighted by molar-refractivity contribution is 9.10. The fourth-order valence-corrected chi connectivity index (χ4v) is 4.40. The van der Waals surface area contributed by atoms with Gasteiger partial charge in [-0.15, -0.1) is 0 Å². The minimum atomic E-state index is 0.0173. The zero-order valence-corrected chi connectivity index (χ0v) is 16.7. The topological polar surface area (TPSA) is 55.6 Å². The Morgan fingerprint density at radius 1 is 1.22 bits per heavy atom. The van der Waals surface area contributed by atoms with Crippen LogP contribution in [0.2, 0.25) is 0 Å². The van der Waals surface area contributed by atoms with Crippen molar-refractivity contribution < 1.29 is 9.53 Å². The summed E-state index contributed by atoms with van der Waals surface area (Å²) in [6.45, 7) is 2.72. The smallest absolute Gasteiger partial charge is 0.246 e. The molecule has 140 valence electrons. The molecule has 0 radical (unpaired) electrons. The van der Waals surface area contributed by atoms with Gasteiger partial charge >= 0.3 is 0 Å². The van der Waals surface area contributed by atoms with Gasteiger partial charge in [0.1, 0.15) is 5.75 Å². The standard InChI is InChI=1S/C22H23BrN2O2/c23-19-4-2-1-3-17(19)6-8-21(26)25-11-9-22(10-12-25)15-27-20-7-5-16(14-24)13-18(20)22/h1-8,13H,9-12,14-15,24H2. The molecule has 2 aliphatic heterocycles. The van der Waals surface area contributed by atoms with Crippen LogP contribution in [0.5, 0.6) is 5.75 Å². The Morgan fingerprint density at radius 2 is 2.00 bits per heavy atom. The molecule has 0 saturated carbocycles. The number of nitrogens with zero attached hydrogens (tertiary/aromatic N) is 1. The van der Waals surface area contributed by atoms with Crippen LogP contribution in [0.1, 0.15) is 29.5 Å². The van der Waals surface area contributed by atoms with Gasteiger partial charge < -0.3 is 15.4 Å². The minimum absolute atomic E-state index is 0.0173. The average Bonchev–Trinajstić information content (AvgIpc) is 3.05. The number of carbonyl (C=O) groups excluding carboxylic acids is 1. The maximum atomic E-state index is 12.6. The molecule has 0 unspecified atom stereocenters. The van der Waals surface area contributed by atoms with Crippen molar-refractivity contribution in [1.82, 2.24) is 4.90 Å². The van der Waals surface area contributed by atoms with E-state index in [9.17, 15) is 4.79 Å². The summed E-state index contributed by atoms with van der Waals surface area (Å²) in [5.41, 5.74) is 9.23. The van der Waals surface area contributed by atoms with E-state index in [0.717, 1.165) is 47.3 Å². The molecule has 2 aromatic rings. The van der Waals surface area contributed by atoms with Gasteiger partial charge in [-0.2, -0.15) is 0 Å². The second-order valence-corrected chi connectivity index (χ2v) is 8.14. The molecule has 4 nitrogen and oxygen atoms in total. The van der Waals surface area contributed by atoms with Crippen LogP contribution < -0.4 is 10.5 Å². The van der Waals surface area contributed by atoms with Gasteiger partial charge in [0.2, 0.25) is 5.91 Å². The molecule has 0 aromatic heterocycles. The van der Waals surface area contributed by atoms with Crippen LogP contribution in [0, 0.1) is 0 Å². The molecule has 4 rings (SSSR count). The Bertz CT molecular complexity index is 886. The predicted octanol–water partition coefficient (Wildman–Crippen LogP) is 3.87. The van der Waals surface area contributed by atoms with E-state index in [0.29, 0.717) is 13.2 Å². The second-order valence-electron chi connectivity index (χ2n) is 7.28. The number of piperidine rings is 1. The van der Waals surface area contributed by atoms with Crippen molar-refractivity contribution in [3.63, 3.8) is 0 Å². The molecule has 1 spiro atoms. The van der Waals surface area contributed by atoms with Crippen molar-refractivity contribution >= 4 is 27.9 Å². The van der Waals surface area contributed by atoms with E-state index in [1.54, 1.807) is 6.08 Å². The monoisotopic (exact) mass is 426 g/mol. The van der Waals surface area contributed by atoms with Crippen LogP contribution in [-0.4, -0.2) is 30.5 Å². The van der Waals surface area contributed by atoms with Crippen LogP contribution in [0.4, 0.5) is 0 Å². The van der Waals surface area contributed by atoms with Gasteiger partial charge in [0.05, 0.1) is 6.61 Å². The Morgan fingerprint density at radius 3 is 2.74 bits per heavy atom. The van der Waals surface area contributed by atoms with Crippen LogP contribution >= 0.6 is 15.9 Å². The Kier molecular flexibility index (Phi) is 5.06. The predicted molar refractivity (Wildman–Crippen MR) is 110 cm³/mol. The molecular formula is C22H23BrN2O2. The minimum Gasteiger partial charge on any atom is -0.492 e. The Hall–Kier alpha value is -2.11. The summed E-state index contributed by atoms with van der Waals surface area (Å²) in [6, 6.07) is 14.1. The molecule has 1 saturated heterocycles. The number of amides is 1. The second kappa shape index (κ2) is 7.49. The van der Waals surface area contributed by atoms with Gasteiger partial charge in [0, 0.05) is 41.2 Å². The van der Waals surface area contributed by atoms with E-state index >= 15 is 0 Å². The fourth-order valence-electron chi connectivity index (χ4n) is 3.98. The van der Waals surface area contributed by atoms with Gasteiger partial charge in [-0.05, 0) is 42.2 Å². The molecule has 1 fully saturated rings. The number of hydrogen-bond donors (Lipinski definition) is 1. The van der Waals surface area contributed by atoms with Gasteiger partial charge in [-0.25, -0.2) is 0 Å². The third-order valence-corrected chi connectivity index (χ3v) is 6.42. The summed E-state index contributed by atoms with van der Waals surface area (Å²) in [5.74, 6) is 1.04. The molecular weight excluding hydrogens is 404 g/mol. The Labute approximate surface area is 168 Å². The van der Waals surface area contributed by atoms with Gasteiger partial charge in [0.25, 0.3) is 0 Å². The number of fused-ring (bicyclic) bond motifs is 2. The summed E-state index contributed by atoms with van der Waals surface area (Å²) in [5, 5.41) is 0. The van der Waals surface area contributed by atoms with Crippen LogP contribution in [0.25, 0.3) is 6.08 Å². The van der Waals surface area contributed by atoms with Crippen molar-refractivity contribution in [1.29, 1.82) is 0 Å². The molecule has 0 atom stereocenters. The molecule has 5 heteroatoms. The molecule has 0 aliphatic carbocycles. The summed E-state index contributed by atoms with van der Waals surface area (Å²) < 4.78 is 6.93. The van der Waals surface area contributed by atoms with E-state index in [1.807, 2.05) is 47.4 Å². The Balaban J connectivity index is 1.44. The number of hydrogen-bond acceptors (Lipinski definition) is 3. The van der Waals surface area contributed by atoms with Crippen molar-refractivity contribution in [2.24, 2.45) is 5.73 Å². The average molecular weight is 427 g/mol. The molecule has 2 aromatic carbocycles. The first-order valence-corrected chi connectivity index (χ1v) is 10.1. The highest BCUT2D eigenvalue weighted by atomic mass is 79.9. The highest BCUT2D eigenvalue weighted by Crippen LogP contribution is 2.45. The van der Waals surface area contributed by atoms with Crippen molar-refractivity contribution in [2.75, 3.05) is 19.7 Å². The maximum Gasteiger partial charge on any atom is 0.246 e. The van der Waals surface area contributed by atoms with Gasteiger partial charge in [0.15, 0.2) is 0 Å². The molecule has 2 aliphatic rings. The number of ether oxygens (including phenoxy) is 1. The van der Waals surface area contributed by atoms with Crippen molar-refractivity contribution in [3.05, 3.63) is 69.7 Å². The van der Waals surface area contributed by atoms with E-state index in [1.165, 1.54) is 5.56 Å². The van der Waals surface area contributed by atoms with E-state index in [2.05, 4.69) is 22.0 Å². The van der Waals surface area contributed by atoms with Gasteiger partial charge in [-0.1, -0.05) is 46.3 Å². The molecule has 1 amide bonds. The quantitative estimate of drug-likeness (QED) is 0.757. The first-order chi connectivity index (χ1) is 13.1. The van der Waals surface area contributed by atoms with E-state index in [-0.39, 0.29) is 11.3 Å². The molecule has 27 heavy (non-hydrogen) atoms. The van der Waals surface area contributed by atoms with E-state index in [4.69, 9.17) is 10.5 Å². The SMILES string of the molecule is NCc1ccc2c(c1)C1(CCN(C(=O)C=Cc3ccccc3Br)CC1)CO2. The first-order valence-electron chi connectivity index (χ1n) is 9.29. The fraction of sp³-hybridized carbons (Fsp3) is 0.318. The summed E-state index contributed by atoms with van der Waals surface area (Å²) in [6.07, 6.45) is 5.38. The number of nitrogens with two attached hydrogens (primary N) is 1. The van der Waals surface area contributed by atoms with Crippen LogP contribution in [-0.2, 0) is 16.8 Å². The third kappa shape index (κ3) is 3.54. The summed E-state index contributed by atoms with van der Waals surface area (Å²) >= 11 is 3.51. The number of likely N-dealkylation sites (tertiary alicyclic amines) is 1. The van der Waals surface area contributed by atoms with E-state index < -0.39 is 0 Å². The van der Waals surface area contributed by atoms with Crippen LogP contribution in [0.3, 0.4) is 0 Å². The van der Waals surface area contributed by atoms with Crippen molar-refractivity contribution in [2.45, 2.75) is 24.8 Å². The zero-order chi connectivity index (χ0) is 18.9. The lowest BCUT2D eigenvalue weighted by atomic mass is 9.74. The third-order valence-electron chi connectivity index (χ3n) is 5.70. The first kappa shape index (κ1) is 18.3. The number of carbonyl (C=O) groups is 1. The number of halogens is 1. The zero-order valence-electron chi connectivity index (χ0n) is 15.2. The van der Waals surface area contributed by atoms with Crippen LogP contribution in [0.15, 0.2) is 53.0 Å². The molecule has 2 N–H and O–H groups in total. The summed E-state index contributed by atoms with van der Waals surface area (Å²) in [4.78, 5) is 14.5. The molecule has 2 heterocycles. The van der Waals surface area contributed by atoms with Crippen molar-refractivity contribution in [3.8, 4) is 5.75 Å². The lowest BCUT2D eigenvalue weighted by molar-refractivity contribution is -0.127. The molecule has 0 bridgehead atoms. The number of benzene rings is 2. The summed E-state index contributed by atoms with van der Waals surface area (Å²) in [7, 11) is 0. The lowest BCUT2D eigenvalue weighted by Crippen LogP contribution is -2.45. The van der Waals surface area contributed by atoms with Gasteiger partial charge in [-0.3, -0.25) is 4.79 Å². The highest BCUT2D eigenvalue weighted by Gasteiger charge is 2.43. The lowest BCUT2D eigenvalue weighted by Gasteiger charge is -2.38.